The molecule has 0 fully saturated rings. The minimum atomic E-state index is -0.148. The molecule has 3 N–H and O–H groups in total. The molecule has 0 saturated carbocycles. The zero-order chi connectivity index (χ0) is 15.0. The van der Waals surface area contributed by atoms with Crippen LogP contribution in [0.3, 0.4) is 0 Å². The Kier molecular flexibility index (Phi) is 6.86. The number of hydrogen-bond acceptors (Lipinski definition) is 5. The minimum Gasteiger partial charge on any atom is -0.397 e. The number of aromatic nitrogens is 1. The molecule has 0 bridgehead atoms. The van der Waals surface area contributed by atoms with E-state index >= 15 is 0 Å². The summed E-state index contributed by atoms with van der Waals surface area (Å²) >= 11 is 1.27. The van der Waals surface area contributed by atoms with Crippen molar-refractivity contribution in [3.63, 3.8) is 0 Å². The van der Waals surface area contributed by atoms with Gasteiger partial charge in [-0.1, -0.05) is 18.7 Å². The Balaban J connectivity index is 2.39. The molecule has 1 aromatic heterocycles. The van der Waals surface area contributed by atoms with Crippen LogP contribution >= 0.6 is 11.8 Å². The monoisotopic (exact) mass is 296 g/mol. The van der Waals surface area contributed by atoms with Gasteiger partial charge in [0, 0.05) is 19.8 Å². The molecule has 6 nitrogen and oxygen atoms in total. The van der Waals surface area contributed by atoms with Crippen LogP contribution in [-0.2, 0) is 9.59 Å². The quantitative estimate of drug-likeness (QED) is 0.725. The molecular weight excluding hydrogens is 276 g/mol. The van der Waals surface area contributed by atoms with Crippen LogP contribution < -0.4 is 11.1 Å². The number of carbonyl (C=O) groups is 2. The topological polar surface area (TPSA) is 88.3 Å². The Hall–Kier alpha value is -1.76. The van der Waals surface area contributed by atoms with Crippen molar-refractivity contribution in [2.45, 2.75) is 18.4 Å². The van der Waals surface area contributed by atoms with Crippen molar-refractivity contribution in [1.29, 1.82) is 0 Å². The van der Waals surface area contributed by atoms with Gasteiger partial charge in [-0.3, -0.25) is 9.59 Å². The summed E-state index contributed by atoms with van der Waals surface area (Å²) in [5, 5.41) is 3.36. The first-order valence-electron chi connectivity index (χ1n) is 6.38. The first kappa shape index (κ1) is 16.3. The molecule has 1 aromatic rings. The molecule has 0 aliphatic heterocycles. The number of nitrogen functional groups attached to an aromatic ring is 1. The van der Waals surface area contributed by atoms with Gasteiger partial charge in [0.2, 0.25) is 11.8 Å². The number of pyridine rings is 1. The van der Waals surface area contributed by atoms with Gasteiger partial charge in [-0.2, -0.15) is 0 Å². The molecular formula is C13H20N4O2S. The van der Waals surface area contributed by atoms with Crippen molar-refractivity contribution < 1.29 is 9.59 Å². The van der Waals surface area contributed by atoms with Crippen LogP contribution in [0.4, 0.5) is 5.69 Å². The predicted molar refractivity (Wildman–Crippen MR) is 80.3 cm³/mol. The van der Waals surface area contributed by atoms with Crippen LogP contribution in [0.15, 0.2) is 23.4 Å². The molecule has 0 aliphatic rings. The van der Waals surface area contributed by atoms with Gasteiger partial charge < -0.3 is 16.0 Å². The highest BCUT2D eigenvalue weighted by molar-refractivity contribution is 8.00. The van der Waals surface area contributed by atoms with E-state index in [1.165, 1.54) is 16.7 Å². The number of nitrogens with zero attached hydrogens (tertiary/aromatic N) is 2. The van der Waals surface area contributed by atoms with Crippen molar-refractivity contribution in [3.8, 4) is 0 Å². The summed E-state index contributed by atoms with van der Waals surface area (Å²) in [5.41, 5.74) is 6.30. The zero-order valence-electron chi connectivity index (χ0n) is 11.8. The average molecular weight is 296 g/mol. The SMILES string of the molecule is CCCNC(=O)CN(C)C(=O)CSc1ncccc1N. The lowest BCUT2D eigenvalue weighted by molar-refractivity contribution is -0.132. The molecule has 0 radical (unpaired) electrons. The maximum atomic E-state index is 11.9. The predicted octanol–water partition coefficient (Wildman–Crippen LogP) is 0.740. The summed E-state index contributed by atoms with van der Waals surface area (Å²) in [7, 11) is 1.61. The Morgan fingerprint density at radius 1 is 1.50 bits per heavy atom. The van der Waals surface area contributed by atoms with Crippen molar-refractivity contribution in [2.24, 2.45) is 0 Å². The van der Waals surface area contributed by atoms with E-state index in [-0.39, 0.29) is 24.1 Å². The fourth-order valence-corrected chi connectivity index (χ4v) is 2.24. The summed E-state index contributed by atoms with van der Waals surface area (Å²) in [6.45, 7) is 2.67. The van der Waals surface area contributed by atoms with E-state index in [9.17, 15) is 9.59 Å². The van der Waals surface area contributed by atoms with Crippen LogP contribution in [0.5, 0.6) is 0 Å². The van der Waals surface area contributed by atoms with E-state index in [1.54, 1.807) is 25.4 Å². The molecule has 0 unspecified atom stereocenters. The third kappa shape index (κ3) is 5.48. The normalized spacial score (nSPS) is 10.1. The van der Waals surface area contributed by atoms with E-state index < -0.39 is 0 Å². The lowest BCUT2D eigenvalue weighted by Gasteiger charge is -2.16. The van der Waals surface area contributed by atoms with Crippen molar-refractivity contribution >= 4 is 29.3 Å². The smallest absolute Gasteiger partial charge is 0.239 e. The number of hydrogen-bond donors (Lipinski definition) is 2. The molecule has 1 heterocycles. The van der Waals surface area contributed by atoms with E-state index in [1.807, 2.05) is 6.92 Å². The van der Waals surface area contributed by atoms with Gasteiger partial charge in [0.05, 0.1) is 18.0 Å². The molecule has 110 valence electrons. The molecule has 0 aromatic carbocycles. The second kappa shape index (κ2) is 8.42. The fourth-order valence-electron chi connectivity index (χ4n) is 1.39. The first-order chi connectivity index (χ1) is 9.54. The maximum Gasteiger partial charge on any atom is 0.239 e. The number of carbonyl (C=O) groups excluding carboxylic acids is 2. The van der Waals surface area contributed by atoms with Crippen LogP contribution in [0.25, 0.3) is 0 Å². The highest BCUT2D eigenvalue weighted by atomic mass is 32.2. The van der Waals surface area contributed by atoms with Crippen molar-refractivity contribution in [1.82, 2.24) is 15.2 Å². The number of amides is 2. The van der Waals surface area contributed by atoms with Crippen molar-refractivity contribution in [2.75, 3.05) is 31.6 Å². The van der Waals surface area contributed by atoms with Gasteiger partial charge in [0.25, 0.3) is 0 Å². The van der Waals surface area contributed by atoms with E-state index in [0.29, 0.717) is 17.3 Å². The zero-order valence-corrected chi connectivity index (χ0v) is 12.6. The highest BCUT2D eigenvalue weighted by Gasteiger charge is 2.13. The Bertz CT molecular complexity index is 467. The lowest BCUT2D eigenvalue weighted by atomic mass is 10.4. The summed E-state index contributed by atoms with van der Waals surface area (Å²) < 4.78 is 0. The third-order valence-corrected chi connectivity index (χ3v) is 3.52. The summed E-state index contributed by atoms with van der Waals surface area (Å²) in [4.78, 5) is 28.9. The molecule has 0 saturated heterocycles. The number of anilines is 1. The van der Waals surface area contributed by atoms with Gasteiger partial charge in [-0.05, 0) is 18.6 Å². The van der Waals surface area contributed by atoms with E-state index in [4.69, 9.17) is 5.73 Å². The Morgan fingerprint density at radius 2 is 2.25 bits per heavy atom. The van der Waals surface area contributed by atoms with E-state index in [2.05, 4.69) is 10.3 Å². The van der Waals surface area contributed by atoms with Gasteiger partial charge in [0.15, 0.2) is 0 Å². The molecule has 20 heavy (non-hydrogen) atoms. The number of rotatable bonds is 7. The third-order valence-electron chi connectivity index (χ3n) is 2.51. The second-order valence-electron chi connectivity index (χ2n) is 4.29. The average Bonchev–Trinajstić information content (AvgIpc) is 2.43. The Labute approximate surface area is 123 Å². The molecule has 7 heteroatoms. The molecule has 2 amide bonds. The number of thioether (sulfide) groups is 1. The van der Waals surface area contributed by atoms with Gasteiger partial charge in [0.1, 0.15) is 5.03 Å². The maximum absolute atomic E-state index is 11.9. The Morgan fingerprint density at radius 3 is 2.90 bits per heavy atom. The van der Waals surface area contributed by atoms with Crippen molar-refractivity contribution in [3.05, 3.63) is 18.3 Å². The molecule has 0 atom stereocenters. The minimum absolute atomic E-state index is 0.0666. The highest BCUT2D eigenvalue weighted by Crippen LogP contribution is 2.21. The second-order valence-corrected chi connectivity index (χ2v) is 5.25. The standard InChI is InChI=1S/C13H20N4O2S/c1-3-6-15-11(18)8-17(2)12(19)9-20-13-10(14)5-4-7-16-13/h4-5,7H,3,6,8-9,14H2,1-2H3,(H,15,18). The van der Waals surface area contributed by atoms with E-state index in [0.717, 1.165) is 6.42 Å². The van der Waals surface area contributed by atoms with Crippen LogP contribution in [0, 0.1) is 0 Å². The molecule has 1 rings (SSSR count). The number of likely N-dealkylation sites (N-methyl/N-ethyl adjacent to an activating group) is 1. The summed E-state index contributed by atoms with van der Waals surface area (Å²) in [5.74, 6) is -0.0737. The van der Waals surface area contributed by atoms with Gasteiger partial charge in [-0.15, -0.1) is 0 Å². The lowest BCUT2D eigenvalue weighted by Crippen LogP contribution is -2.39. The number of nitrogens with one attached hydrogen (secondary N) is 1. The largest absolute Gasteiger partial charge is 0.397 e. The fraction of sp³-hybridized carbons (Fsp3) is 0.462. The summed E-state index contributed by atoms with van der Waals surface area (Å²) in [6, 6.07) is 3.48. The molecule has 0 spiro atoms. The summed E-state index contributed by atoms with van der Waals surface area (Å²) in [6.07, 6.45) is 2.50. The van der Waals surface area contributed by atoms with Crippen LogP contribution in [0.1, 0.15) is 13.3 Å². The van der Waals surface area contributed by atoms with Gasteiger partial charge >= 0.3 is 0 Å². The van der Waals surface area contributed by atoms with Crippen LogP contribution in [-0.4, -0.2) is 47.6 Å². The van der Waals surface area contributed by atoms with Gasteiger partial charge in [-0.25, -0.2) is 4.98 Å². The first-order valence-corrected chi connectivity index (χ1v) is 7.37. The molecule has 0 aliphatic carbocycles. The van der Waals surface area contributed by atoms with Crippen LogP contribution in [0.2, 0.25) is 0 Å². The number of nitrogens with two attached hydrogens (primary N) is 1.